The summed E-state index contributed by atoms with van der Waals surface area (Å²) >= 11 is 6.64. The third kappa shape index (κ3) is 7.70. The van der Waals surface area contributed by atoms with Gasteiger partial charge in [-0.2, -0.15) is 0 Å². The van der Waals surface area contributed by atoms with Gasteiger partial charge in [-0.1, -0.05) is 17.7 Å². The van der Waals surface area contributed by atoms with Gasteiger partial charge in [-0.3, -0.25) is 14.4 Å². The minimum atomic E-state index is -5.27. The number of nitrogens with zero attached hydrogens (tertiary/aromatic N) is 4. The fourth-order valence-corrected chi connectivity index (χ4v) is 10.6. The van der Waals surface area contributed by atoms with Crippen LogP contribution in [-0.2, 0) is 26.8 Å². The van der Waals surface area contributed by atoms with Gasteiger partial charge in [-0.05, 0) is 83.7 Å². The number of sulfonamides is 1. The van der Waals surface area contributed by atoms with E-state index in [9.17, 15) is 26.7 Å². The number of ether oxygens (including phenoxy) is 3. The van der Waals surface area contributed by atoms with Crippen molar-refractivity contribution in [1.82, 2.24) is 19.8 Å². The molecule has 0 bridgehead atoms. The molecular weight excluding hydrogens is 758 g/mol. The fraction of sp³-hybridized carbons (Fsp3) is 0.457. The van der Waals surface area contributed by atoms with Gasteiger partial charge in [0, 0.05) is 67.3 Å². The minimum absolute atomic E-state index is 0.0315. The number of carbonyl (C=O) groups excluding carboxylic acids is 1. The normalized spacial score (nSPS) is 23.0. The predicted octanol–water partition coefficient (Wildman–Crippen LogP) is 4.23. The lowest BCUT2D eigenvalue weighted by atomic mass is 9.80. The van der Waals surface area contributed by atoms with E-state index in [-0.39, 0.29) is 49.5 Å². The Morgan fingerprint density at radius 3 is 2.42 bits per heavy atom. The number of amides is 1. The molecule has 2 unspecified atom stereocenters. The molecule has 53 heavy (non-hydrogen) atoms. The number of benzene rings is 3. The molecular formula is C35H42ClF3N5O7PS. The van der Waals surface area contributed by atoms with Gasteiger partial charge >= 0.3 is 6.36 Å². The van der Waals surface area contributed by atoms with Crippen molar-refractivity contribution < 1.29 is 45.7 Å². The molecule has 0 spiro atoms. The van der Waals surface area contributed by atoms with Gasteiger partial charge in [0.1, 0.15) is 16.4 Å². The highest BCUT2D eigenvalue weighted by Gasteiger charge is 2.63. The maximum Gasteiger partial charge on any atom is 0.573 e. The summed E-state index contributed by atoms with van der Waals surface area (Å²) in [6.07, 6.45) is -5.30. The van der Waals surface area contributed by atoms with Gasteiger partial charge in [-0.15, -0.1) is 13.2 Å². The molecule has 3 aromatic rings. The maximum atomic E-state index is 15.7. The van der Waals surface area contributed by atoms with Crippen LogP contribution in [0.15, 0.2) is 59.5 Å². The number of methoxy groups -OCH3 is 2. The van der Waals surface area contributed by atoms with E-state index in [1.54, 1.807) is 11.0 Å². The van der Waals surface area contributed by atoms with Gasteiger partial charge in [0.25, 0.3) is 15.9 Å². The molecule has 3 aliphatic rings. The largest absolute Gasteiger partial charge is 0.573 e. The predicted molar refractivity (Wildman–Crippen MR) is 196 cm³/mol. The SMILES string of the molecule is COc1ccc(S(=O)(=O)N2C(=O)C(c3cc(CCN4CCNCC4)ccc3OC)(N3C[C@H](O)C[C@H]3PN(C)C)c3cc(Cl)ccc32)c(OC(F)(F)F)c1. The third-order valence-electron chi connectivity index (χ3n) is 9.65. The lowest BCUT2D eigenvalue weighted by Crippen LogP contribution is -2.56. The number of rotatable bonds is 12. The summed E-state index contributed by atoms with van der Waals surface area (Å²) in [5.41, 5.74) is -0.751. The number of fused-ring (bicyclic) bond motifs is 1. The summed E-state index contributed by atoms with van der Waals surface area (Å²) in [4.78, 5) is 18.9. The second-order valence-electron chi connectivity index (χ2n) is 13.3. The molecule has 6 rings (SSSR count). The van der Waals surface area contributed by atoms with Crippen LogP contribution in [0.5, 0.6) is 17.2 Å². The van der Waals surface area contributed by atoms with E-state index >= 15 is 4.79 Å². The average molecular weight is 800 g/mol. The van der Waals surface area contributed by atoms with Gasteiger partial charge in [0.2, 0.25) is 0 Å². The van der Waals surface area contributed by atoms with Crippen LogP contribution in [0.1, 0.15) is 23.1 Å². The first kappa shape index (κ1) is 39.5. The number of nitrogens with one attached hydrogen (secondary N) is 1. The van der Waals surface area contributed by atoms with Crippen LogP contribution in [0, 0.1) is 0 Å². The summed E-state index contributed by atoms with van der Waals surface area (Å²) in [6.45, 7) is 4.16. The molecule has 1 amide bonds. The number of halogens is 4. The van der Waals surface area contributed by atoms with Crippen LogP contribution in [0.25, 0.3) is 0 Å². The zero-order valence-corrected chi connectivity index (χ0v) is 32.2. The molecule has 2 fully saturated rings. The zero-order chi connectivity index (χ0) is 38.3. The van der Waals surface area contributed by atoms with Crippen LogP contribution in [0.3, 0.4) is 0 Å². The summed E-state index contributed by atoms with van der Waals surface area (Å²) in [7, 11) is 1.27. The lowest BCUT2D eigenvalue weighted by molar-refractivity contribution is -0.275. The highest BCUT2D eigenvalue weighted by Crippen LogP contribution is 2.57. The standard InChI is InChI=1S/C35H42ClF3N5O7PS/c1-41(2)52-32-19-24(45)21-43(32)34(27-17-22(5-9-29(27)50-4)11-14-42-15-12-40-13-16-42)26-18-23(36)6-8-28(26)44(33(34)46)53(47,48)31-10-7-25(49-3)20-30(31)51-35(37,38)39/h5-10,17-18,20,24,32,40,45,52H,11-16,19,21H2,1-4H3/t24-,32-,34?/m1/s1. The van der Waals surface area contributed by atoms with Crippen molar-refractivity contribution in [1.29, 1.82) is 0 Å². The number of carbonyl (C=O) groups is 1. The molecule has 0 radical (unpaired) electrons. The average Bonchev–Trinajstić information content (AvgIpc) is 3.59. The monoisotopic (exact) mass is 799 g/mol. The molecule has 2 saturated heterocycles. The van der Waals surface area contributed by atoms with E-state index in [2.05, 4.69) is 15.0 Å². The van der Waals surface area contributed by atoms with Crippen LogP contribution < -0.4 is 23.8 Å². The quantitative estimate of drug-likeness (QED) is 0.256. The molecule has 3 heterocycles. The van der Waals surface area contributed by atoms with Crippen molar-refractivity contribution in [3.8, 4) is 17.2 Å². The van der Waals surface area contributed by atoms with Crippen molar-refractivity contribution in [2.75, 3.05) is 71.9 Å². The minimum Gasteiger partial charge on any atom is -0.497 e. The Morgan fingerprint density at radius 1 is 1.02 bits per heavy atom. The molecule has 0 saturated carbocycles. The number of piperazine rings is 1. The number of aliphatic hydroxyl groups is 1. The Morgan fingerprint density at radius 2 is 1.75 bits per heavy atom. The van der Waals surface area contributed by atoms with Crippen molar-refractivity contribution in [2.24, 2.45) is 0 Å². The number of β-amino-alcohol motifs (C(OH)–C–C–N with tert-alkyl or cyclic N) is 1. The number of alkyl halides is 3. The fourth-order valence-electron chi connectivity index (χ4n) is 7.43. The van der Waals surface area contributed by atoms with E-state index in [0.29, 0.717) is 16.3 Å². The highest BCUT2D eigenvalue weighted by atomic mass is 35.5. The zero-order valence-electron chi connectivity index (χ0n) is 29.6. The van der Waals surface area contributed by atoms with Crippen molar-refractivity contribution in [2.45, 2.75) is 41.5 Å². The van der Waals surface area contributed by atoms with E-state index in [1.807, 2.05) is 30.9 Å². The Balaban J connectivity index is 1.60. The van der Waals surface area contributed by atoms with E-state index < -0.39 is 50.4 Å². The number of hydrogen-bond donors (Lipinski definition) is 2. The Labute approximate surface area is 313 Å². The number of hydrogen-bond acceptors (Lipinski definition) is 11. The number of likely N-dealkylation sites (tertiary alicyclic amines) is 1. The maximum absolute atomic E-state index is 15.7. The molecule has 3 aromatic carbocycles. The molecule has 2 N–H and O–H groups in total. The second kappa shape index (κ2) is 15.5. The first-order chi connectivity index (χ1) is 25.1. The van der Waals surface area contributed by atoms with Gasteiger partial charge in [-0.25, -0.2) is 12.7 Å². The molecule has 0 aliphatic carbocycles. The van der Waals surface area contributed by atoms with Crippen molar-refractivity contribution in [3.05, 3.63) is 76.3 Å². The van der Waals surface area contributed by atoms with Crippen molar-refractivity contribution >= 4 is 42.0 Å². The molecule has 3 aliphatic heterocycles. The summed E-state index contributed by atoms with van der Waals surface area (Å²) in [6, 6.07) is 12.6. The van der Waals surface area contributed by atoms with E-state index in [0.717, 1.165) is 50.4 Å². The van der Waals surface area contributed by atoms with Crippen LogP contribution in [0.4, 0.5) is 18.9 Å². The third-order valence-corrected chi connectivity index (χ3v) is 13.0. The second-order valence-corrected chi connectivity index (χ2v) is 17.3. The first-order valence-corrected chi connectivity index (χ1v) is 19.8. The topological polar surface area (TPSA) is 124 Å². The summed E-state index contributed by atoms with van der Waals surface area (Å²) < 4.78 is 88.4. The Bertz CT molecular complexity index is 1950. The van der Waals surface area contributed by atoms with Gasteiger partial charge in [0.15, 0.2) is 11.3 Å². The lowest BCUT2D eigenvalue weighted by Gasteiger charge is -2.42. The first-order valence-electron chi connectivity index (χ1n) is 16.9. The van der Waals surface area contributed by atoms with Crippen molar-refractivity contribution in [3.63, 3.8) is 0 Å². The Hall–Kier alpha value is -3.21. The highest BCUT2D eigenvalue weighted by molar-refractivity contribution is 7.93. The van der Waals surface area contributed by atoms with E-state index in [1.165, 1.54) is 38.5 Å². The van der Waals surface area contributed by atoms with Gasteiger partial charge in [0.05, 0.1) is 26.0 Å². The molecule has 288 valence electrons. The van der Waals surface area contributed by atoms with E-state index in [4.69, 9.17) is 21.1 Å². The summed E-state index contributed by atoms with van der Waals surface area (Å²) in [5, 5.41) is 14.7. The van der Waals surface area contributed by atoms with Crippen LogP contribution in [-0.4, -0.2) is 120 Å². The summed E-state index contributed by atoms with van der Waals surface area (Å²) in [5.74, 6) is -2.36. The number of anilines is 1. The molecule has 0 aromatic heterocycles. The molecule has 18 heteroatoms. The molecule has 4 atom stereocenters. The molecule has 12 nitrogen and oxygen atoms in total. The van der Waals surface area contributed by atoms with Crippen LogP contribution >= 0.6 is 20.3 Å². The smallest absolute Gasteiger partial charge is 0.497 e. The number of aliphatic hydroxyl groups excluding tert-OH is 1. The Kier molecular flexibility index (Phi) is 11.5. The van der Waals surface area contributed by atoms with Crippen LogP contribution in [0.2, 0.25) is 5.02 Å². The van der Waals surface area contributed by atoms with Gasteiger partial charge < -0.3 is 29.5 Å².